The molecule has 0 amide bonds. The Labute approximate surface area is 108 Å². The van der Waals surface area contributed by atoms with Gasteiger partial charge in [0.25, 0.3) is 0 Å². The van der Waals surface area contributed by atoms with Gasteiger partial charge in [-0.15, -0.1) is 0 Å². The van der Waals surface area contributed by atoms with E-state index in [1.165, 1.54) is 0 Å². The average molecular weight is 241 g/mol. The highest BCUT2D eigenvalue weighted by atomic mass is 14.9. The second-order valence-electron chi connectivity index (χ2n) is 3.62. The van der Waals surface area contributed by atoms with Crippen LogP contribution in [0.3, 0.4) is 0 Å². The number of benzene rings is 2. The highest BCUT2D eigenvalue weighted by Gasteiger charge is 1.94. The lowest BCUT2D eigenvalue weighted by atomic mass is 10.2. The van der Waals surface area contributed by atoms with Gasteiger partial charge in [-0.25, -0.2) is 0 Å². The Balaban J connectivity index is 0.000000199. The van der Waals surface area contributed by atoms with E-state index in [9.17, 15) is 0 Å². The fourth-order valence-corrected chi connectivity index (χ4v) is 1.40. The smallest absolute Gasteiger partial charge is 0.0853 e. The lowest BCUT2D eigenvalue weighted by molar-refractivity contribution is 1.21. The monoisotopic (exact) mass is 241 g/mol. The third-order valence-electron chi connectivity index (χ3n) is 2.24. The maximum absolute atomic E-state index is 5.36. The predicted molar refractivity (Wildman–Crippen MR) is 80.7 cm³/mol. The summed E-state index contributed by atoms with van der Waals surface area (Å²) in [6.07, 6.45) is 0. The molecule has 2 aromatic rings. The van der Waals surface area contributed by atoms with E-state index in [0.717, 1.165) is 23.6 Å². The SMILES string of the molecule is C=Nc1ccccc1NCC.Nc1ccccc1. The van der Waals surface area contributed by atoms with E-state index in [-0.39, 0.29) is 0 Å². The highest BCUT2D eigenvalue weighted by molar-refractivity contribution is 5.67. The van der Waals surface area contributed by atoms with Crippen LogP contribution in [0.2, 0.25) is 0 Å². The molecule has 0 spiro atoms. The molecule has 0 fully saturated rings. The van der Waals surface area contributed by atoms with Crippen molar-refractivity contribution in [1.82, 2.24) is 0 Å². The molecule has 0 saturated heterocycles. The second kappa shape index (κ2) is 7.90. The molecule has 0 radical (unpaired) electrons. The van der Waals surface area contributed by atoms with Crippen LogP contribution >= 0.6 is 0 Å². The zero-order valence-corrected chi connectivity index (χ0v) is 10.6. The van der Waals surface area contributed by atoms with Crippen molar-refractivity contribution in [1.29, 1.82) is 0 Å². The van der Waals surface area contributed by atoms with E-state index in [0.29, 0.717) is 0 Å². The van der Waals surface area contributed by atoms with Crippen LogP contribution in [0.1, 0.15) is 6.92 Å². The van der Waals surface area contributed by atoms with Crippen LogP contribution in [0.25, 0.3) is 0 Å². The second-order valence-corrected chi connectivity index (χ2v) is 3.62. The van der Waals surface area contributed by atoms with Crippen LogP contribution in [0.4, 0.5) is 17.1 Å². The van der Waals surface area contributed by atoms with Gasteiger partial charge in [-0.3, -0.25) is 4.99 Å². The van der Waals surface area contributed by atoms with Gasteiger partial charge in [-0.1, -0.05) is 30.3 Å². The zero-order chi connectivity index (χ0) is 13.2. The molecule has 0 heterocycles. The molecule has 2 rings (SSSR count). The summed E-state index contributed by atoms with van der Waals surface area (Å²) in [6, 6.07) is 17.3. The predicted octanol–water partition coefficient (Wildman–Crippen LogP) is 3.72. The molecular weight excluding hydrogens is 222 g/mol. The summed E-state index contributed by atoms with van der Waals surface area (Å²) in [5.41, 5.74) is 8.14. The zero-order valence-electron chi connectivity index (χ0n) is 10.6. The number of hydrogen-bond donors (Lipinski definition) is 2. The van der Waals surface area contributed by atoms with Gasteiger partial charge in [0.15, 0.2) is 0 Å². The molecule has 0 bridgehead atoms. The molecule has 0 aliphatic carbocycles. The molecule has 18 heavy (non-hydrogen) atoms. The quantitative estimate of drug-likeness (QED) is 0.635. The molecule has 0 saturated carbocycles. The summed E-state index contributed by atoms with van der Waals surface area (Å²) in [5.74, 6) is 0. The third kappa shape index (κ3) is 4.70. The Morgan fingerprint density at radius 2 is 1.67 bits per heavy atom. The van der Waals surface area contributed by atoms with Gasteiger partial charge >= 0.3 is 0 Å². The van der Waals surface area contributed by atoms with Crippen molar-refractivity contribution in [3.8, 4) is 0 Å². The van der Waals surface area contributed by atoms with Crippen molar-refractivity contribution < 1.29 is 0 Å². The number of nitrogens with zero attached hydrogens (tertiary/aromatic N) is 1. The molecule has 3 nitrogen and oxygen atoms in total. The van der Waals surface area contributed by atoms with Crippen molar-refractivity contribution in [2.75, 3.05) is 17.6 Å². The molecule has 0 aromatic heterocycles. The molecule has 94 valence electrons. The Morgan fingerprint density at radius 3 is 2.17 bits per heavy atom. The van der Waals surface area contributed by atoms with Gasteiger partial charge in [0.05, 0.1) is 11.4 Å². The number of nitrogens with one attached hydrogen (secondary N) is 1. The summed E-state index contributed by atoms with van der Waals surface area (Å²) < 4.78 is 0. The minimum Gasteiger partial charge on any atom is -0.399 e. The first-order valence-electron chi connectivity index (χ1n) is 5.88. The van der Waals surface area contributed by atoms with E-state index in [4.69, 9.17) is 5.73 Å². The summed E-state index contributed by atoms with van der Waals surface area (Å²) >= 11 is 0. The minimum absolute atomic E-state index is 0.822. The summed E-state index contributed by atoms with van der Waals surface area (Å²) in [7, 11) is 0. The van der Waals surface area contributed by atoms with E-state index in [1.54, 1.807) is 0 Å². The van der Waals surface area contributed by atoms with Crippen LogP contribution < -0.4 is 11.1 Å². The fourth-order valence-electron chi connectivity index (χ4n) is 1.40. The molecule has 3 N–H and O–H groups in total. The van der Waals surface area contributed by atoms with Gasteiger partial charge in [0.2, 0.25) is 0 Å². The largest absolute Gasteiger partial charge is 0.399 e. The van der Waals surface area contributed by atoms with Crippen LogP contribution in [0.5, 0.6) is 0 Å². The van der Waals surface area contributed by atoms with Gasteiger partial charge in [-0.2, -0.15) is 0 Å². The van der Waals surface area contributed by atoms with Crippen molar-refractivity contribution in [2.45, 2.75) is 6.92 Å². The number of nitrogens with two attached hydrogens (primary N) is 1. The number of hydrogen-bond acceptors (Lipinski definition) is 3. The Morgan fingerprint density at radius 1 is 1.06 bits per heavy atom. The van der Waals surface area contributed by atoms with E-state index in [2.05, 4.69) is 24.0 Å². The first-order chi connectivity index (χ1) is 8.77. The number of anilines is 2. The van der Waals surface area contributed by atoms with Crippen molar-refractivity contribution in [3.05, 3.63) is 54.6 Å². The molecule has 2 aromatic carbocycles. The van der Waals surface area contributed by atoms with Gasteiger partial charge in [0, 0.05) is 12.2 Å². The normalized spacial score (nSPS) is 8.94. The molecule has 3 heteroatoms. The van der Waals surface area contributed by atoms with E-state index in [1.807, 2.05) is 54.6 Å². The van der Waals surface area contributed by atoms with Crippen molar-refractivity contribution in [2.24, 2.45) is 4.99 Å². The van der Waals surface area contributed by atoms with Gasteiger partial charge < -0.3 is 11.1 Å². The molecule has 0 atom stereocenters. The molecular formula is C15H19N3. The highest BCUT2D eigenvalue weighted by Crippen LogP contribution is 2.22. The van der Waals surface area contributed by atoms with E-state index >= 15 is 0 Å². The van der Waals surface area contributed by atoms with E-state index < -0.39 is 0 Å². The standard InChI is InChI=1S/C9H12N2.C6H7N/c1-3-11-9-7-5-4-6-8(9)10-2;7-6-4-2-1-3-5-6/h4-7,11H,2-3H2,1H3;1-5H,7H2. The number of para-hydroxylation sites is 3. The maximum atomic E-state index is 5.36. The molecule has 0 unspecified atom stereocenters. The van der Waals surface area contributed by atoms with Gasteiger partial charge in [0.1, 0.15) is 0 Å². The van der Waals surface area contributed by atoms with Crippen LogP contribution in [0, 0.1) is 0 Å². The Bertz CT molecular complexity index is 466. The average Bonchev–Trinajstić information content (AvgIpc) is 2.41. The lowest BCUT2D eigenvalue weighted by Crippen LogP contribution is -1.95. The summed E-state index contributed by atoms with van der Waals surface area (Å²) in [5, 5.41) is 3.19. The lowest BCUT2D eigenvalue weighted by Gasteiger charge is -2.04. The number of rotatable bonds is 3. The molecule has 0 aliphatic rings. The fraction of sp³-hybridized carbons (Fsp3) is 0.133. The minimum atomic E-state index is 0.822. The number of aliphatic imine (C=N–C) groups is 1. The third-order valence-corrected chi connectivity index (χ3v) is 2.24. The maximum Gasteiger partial charge on any atom is 0.0853 e. The van der Waals surface area contributed by atoms with Gasteiger partial charge in [-0.05, 0) is 37.9 Å². The Kier molecular flexibility index (Phi) is 6.04. The van der Waals surface area contributed by atoms with Crippen LogP contribution in [0.15, 0.2) is 59.6 Å². The van der Waals surface area contributed by atoms with Crippen molar-refractivity contribution >= 4 is 23.8 Å². The first-order valence-corrected chi connectivity index (χ1v) is 5.88. The van der Waals surface area contributed by atoms with Crippen molar-refractivity contribution in [3.63, 3.8) is 0 Å². The topological polar surface area (TPSA) is 50.4 Å². The number of nitrogen functional groups attached to an aromatic ring is 1. The first kappa shape index (κ1) is 13.8. The van der Waals surface area contributed by atoms with Crippen LogP contribution in [-0.2, 0) is 0 Å². The summed E-state index contributed by atoms with van der Waals surface area (Å²) in [6.45, 7) is 6.45. The Hall–Kier alpha value is -2.29. The van der Waals surface area contributed by atoms with Crippen LogP contribution in [-0.4, -0.2) is 13.3 Å². The molecule has 0 aliphatic heterocycles. The summed E-state index contributed by atoms with van der Waals surface area (Å²) in [4.78, 5) is 3.88.